The van der Waals surface area contributed by atoms with E-state index in [-0.39, 0.29) is 5.91 Å². The lowest BCUT2D eigenvalue weighted by atomic mass is 10.2. The maximum atomic E-state index is 12.2. The minimum absolute atomic E-state index is 0.121. The summed E-state index contributed by atoms with van der Waals surface area (Å²) in [6.45, 7) is 4.96. The number of carbonyl (C=O) groups is 1. The Bertz CT molecular complexity index is 574. The lowest BCUT2D eigenvalue weighted by Gasteiger charge is -2.34. The van der Waals surface area contributed by atoms with E-state index in [4.69, 9.17) is 0 Å². The Morgan fingerprint density at radius 1 is 1.20 bits per heavy atom. The van der Waals surface area contributed by atoms with E-state index in [1.807, 2.05) is 41.0 Å². The second-order valence-corrected chi connectivity index (χ2v) is 5.63. The summed E-state index contributed by atoms with van der Waals surface area (Å²) in [5.41, 5.74) is 1.84. The van der Waals surface area contributed by atoms with Crippen molar-refractivity contribution >= 4 is 23.2 Å². The topological polar surface area (TPSA) is 49.3 Å². The standard InChI is InChI=1S/C14H16N4OS/c1-11-8-15-14(16-9-11)18-5-3-17(4-6-18)13(19)12-2-7-20-10-12/h2,7-10H,3-6H2,1H3. The minimum atomic E-state index is 0.121. The van der Waals surface area contributed by atoms with Gasteiger partial charge in [-0.1, -0.05) is 0 Å². The van der Waals surface area contributed by atoms with Gasteiger partial charge in [-0.2, -0.15) is 11.3 Å². The number of thiophene rings is 1. The van der Waals surface area contributed by atoms with Crippen LogP contribution in [-0.2, 0) is 0 Å². The molecule has 0 bridgehead atoms. The number of rotatable bonds is 2. The first-order valence-corrected chi connectivity index (χ1v) is 7.53. The Morgan fingerprint density at radius 3 is 2.50 bits per heavy atom. The first-order valence-electron chi connectivity index (χ1n) is 6.59. The first-order chi connectivity index (χ1) is 9.74. The normalized spacial score (nSPS) is 15.4. The van der Waals surface area contributed by atoms with Gasteiger partial charge in [0.05, 0.1) is 5.56 Å². The molecule has 0 spiro atoms. The van der Waals surface area contributed by atoms with Crippen molar-refractivity contribution in [3.05, 3.63) is 40.3 Å². The van der Waals surface area contributed by atoms with E-state index in [9.17, 15) is 4.79 Å². The molecule has 0 radical (unpaired) electrons. The van der Waals surface area contributed by atoms with Crippen molar-refractivity contribution in [2.75, 3.05) is 31.1 Å². The van der Waals surface area contributed by atoms with E-state index >= 15 is 0 Å². The highest BCUT2D eigenvalue weighted by Crippen LogP contribution is 2.14. The van der Waals surface area contributed by atoms with Crippen molar-refractivity contribution in [2.45, 2.75) is 6.92 Å². The van der Waals surface area contributed by atoms with Gasteiger partial charge in [0.15, 0.2) is 0 Å². The Kier molecular flexibility index (Phi) is 3.64. The Morgan fingerprint density at radius 2 is 1.90 bits per heavy atom. The summed E-state index contributed by atoms with van der Waals surface area (Å²) in [6, 6.07) is 1.88. The quantitative estimate of drug-likeness (QED) is 0.845. The van der Waals surface area contributed by atoms with Crippen LogP contribution in [0.2, 0.25) is 0 Å². The lowest BCUT2D eigenvalue weighted by Crippen LogP contribution is -2.49. The summed E-state index contributed by atoms with van der Waals surface area (Å²) in [5.74, 6) is 0.869. The van der Waals surface area contributed by atoms with Crippen LogP contribution in [-0.4, -0.2) is 47.0 Å². The highest BCUT2D eigenvalue weighted by molar-refractivity contribution is 7.08. The summed E-state index contributed by atoms with van der Waals surface area (Å²) in [7, 11) is 0. The number of aryl methyl sites for hydroxylation is 1. The number of nitrogens with zero attached hydrogens (tertiary/aromatic N) is 4. The van der Waals surface area contributed by atoms with E-state index in [2.05, 4.69) is 14.9 Å². The average Bonchev–Trinajstić information content (AvgIpc) is 3.02. The molecular formula is C14H16N4OS. The zero-order valence-corrected chi connectivity index (χ0v) is 12.1. The SMILES string of the molecule is Cc1cnc(N2CCN(C(=O)c3ccsc3)CC2)nc1. The molecule has 20 heavy (non-hydrogen) atoms. The second kappa shape index (κ2) is 5.58. The van der Waals surface area contributed by atoms with E-state index < -0.39 is 0 Å². The van der Waals surface area contributed by atoms with Crippen LogP contribution in [0, 0.1) is 6.92 Å². The maximum absolute atomic E-state index is 12.2. The number of hydrogen-bond donors (Lipinski definition) is 0. The number of hydrogen-bond acceptors (Lipinski definition) is 5. The highest BCUT2D eigenvalue weighted by Gasteiger charge is 2.23. The van der Waals surface area contributed by atoms with Gasteiger partial charge in [-0.3, -0.25) is 4.79 Å². The van der Waals surface area contributed by atoms with Crippen LogP contribution in [0.15, 0.2) is 29.2 Å². The summed E-state index contributed by atoms with van der Waals surface area (Å²) in [5, 5.41) is 3.83. The fourth-order valence-corrected chi connectivity index (χ4v) is 2.86. The molecule has 1 amide bonds. The van der Waals surface area contributed by atoms with Crippen LogP contribution in [0.3, 0.4) is 0 Å². The summed E-state index contributed by atoms with van der Waals surface area (Å²) >= 11 is 1.55. The molecule has 6 heteroatoms. The molecule has 0 saturated carbocycles. The van der Waals surface area contributed by atoms with Crippen LogP contribution < -0.4 is 4.90 Å². The molecule has 3 rings (SSSR count). The Hall–Kier alpha value is -1.95. The molecule has 0 aliphatic carbocycles. The molecule has 1 saturated heterocycles. The van der Waals surface area contributed by atoms with Gasteiger partial charge >= 0.3 is 0 Å². The van der Waals surface area contributed by atoms with Gasteiger partial charge in [-0.05, 0) is 23.9 Å². The van der Waals surface area contributed by atoms with Crippen molar-refractivity contribution in [3.8, 4) is 0 Å². The molecule has 0 atom stereocenters. The molecule has 1 aliphatic heterocycles. The summed E-state index contributed by atoms with van der Waals surface area (Å²) in [6.07, 6.45) is 3.65. The largest absolute Gasteiger partial charge is 0.337 e. The third kappa shape index (κ3) is 2.65. The Labute approximate surface area is 121 Å². The van der Waals surface area contributed by atoms with Gasteiger partial charge in [0.25, 0.3) is 5.91 Å². The van der Waals surface area contributed by atoms with E-state index in [1.54, 1.807) is 11.3 Å². The molecule has 1 aliphatic rings. The van der Waals surface area contributed by atoms with Crippen molar-refractivity contribution in [1.29, 1.82) is 0 Å². The third-order valence-electron chi connectivity index (χ3n) is 3.39. The fraction of sp³-hybridized carbons (Fsp3) is 0.357. The van der Waals surface area contributed by atoms with Crippen LogP contribution in [0.1, 0.15) is 15.9 Å². The molecule has 0 unspecified atom stereocenters. The van der Waals surface area contributed by atoms with Crippen LogP contribution in [0.4, 0.5) is 5.95 Å². The highest BCUT2D eigenvalue weighted by atomic mass is 32.1. The van der Waals surface area contributed by atoms with Gasteiger partial charge in [0, 0.05) is 44.0 Å². The predicted octanol–water partition coefficient (Wildman–Crippen LogP) is 1.81. The van der Waals surface area contributed by atoms with Gasteiger partial charge in [-0.25, -0.2) is 9.97 Å². The molecular weight excluding hydrogens is 272 g/mol. The molecule has 2 aromatic rings. The number of carbonyl (C=O) groups excluding carboxylic acids is 1. The minimum Gasteiger partial charge on any atom is -0.337 e. The van der Waals surface area contributed by atoms with E-state index in [0.29, 0.717) is 13.1 Å². The van der Waals surface area contributed by atoms with E-state index in [1.165, 1.54) is 0 Å². The first kappa shape index (κ1) is 13.1. The van der Waals surface area contributed by atoms with Crippen molar-refractivity contribution in [3.63, 3.8) is 0 Å². The smallest absolute Gasteiger partial charge is 0.254 e. The van der Waals surface area contributed by atoms with Gasteiger partial charge in [-0.15, -0.1) is 0 Å². The lowest BCUT2D eigenvalue weighted by molar-refractivity contribution is 0.0747. The molecule has 3 heterocycles. The molecule has 2 aromatic heterocycles. The number of anilines is 1. The molecule has 5 nitrogen and oxygen atoms in total. The monoisotopic (exact) mass is 288 g/mol. The Balaban J connectivity index is 1.62. The van der Waals surface area contributed by atoms with E-state index in [0.717, 1.165) is 30.2 Å². The molecule has 1 fully saturated rings. The van der Waals surface area contributed by atoms with Crippen molar-refractivity contribution < 1.29 is 4.79 Å². The van der Waals surface area contributed by atoms with Gasteiger partial charge in [0.1, 0.15) is 0 Å². The van der Waals surface area contributed by atoms with Crippen LogP contribution in [0.25, 0.3) is 0 Å². The van der Waals surface area contributed by atoms with Crippen LogP contribution in [0.5, 0.6) is 0 Å². The number of aromatic nitrogens is 2. The third-order valence-corrected chi connectivity index (χ3v) is 4.07. The van der Waals surface area contributed by atoms with Crippen LogP contribution >= 0.6 is 11.3 Å². The maximum Gasteiger partial charge on any atom is 0.254 e. The summed E-state index contributed by atoms with van der Waals surface area (Å²) in [4.78, 5) is 24.9. The number of piperazine rings is 1. The fourth-order valence-electron chi connectivity index (χ4n) is 2.23. The zero-order valence-electron chi connectivity index (χ0n) is 11.3. The average molecular weight is 288 g/mol. The molecule has 0 aromatic carbocycles. The van der Waals surface area contributed by atoms with Gasteiger partial charge < -0.3 is 9.80 Å². The predicted molar refractivity (Wildman–Crippen MR) is 79.2 cm³/mol. The van der Waals surface area contributed by atoms with Crippen molar-refractivity contribution in [1.82, 2.24) is 14.9 Å². The van der Waals surface area contributed by atoms with Gasteiger partial charge in [0.2, 0.25) is 5.95 Å². The second-order valence-electron chi connectivity index (χ2n) is 4.85. The summed E-state index contributed by atoms with van der Waals surface area (Å²) < 4.78 is 0. The molecule has 0 N–H and O–H groups in total. The number of amides is 1. The zero-order chi connectivity index (χ0) is 13.9. The van der Waals surface area contributed by atoms with Crippen molar-refractivity contribution in [2.24, 2.45) is 0 Å². The molecule has 104 valence electrons.